The molecule has 4 nitrogen and oxygen atoms in total. The Hall–Kier alpha value is -5.22. The maximum Gasteiger partial charge on any atom is 0.147 e. The molecule has 0 aliphatic rings. The Morgan fingerprint density at radius 2 is 1.16 bits per heavy atom. The zero-order valence-corrected chi connectivity index (χ0v) is 20.3. The summed E-state index contributed by atoms with van der Waals surface area (Å²) in [5.41, 5.74) is 9.11. The Morgan fingerprint density at radius 3 is 2.03 bits per heavy atom. The highest BCUT2D eigenvalue weighted by atomic mass is 16.3. The SMILES string of the molecule is c1ccc(-c2cccc(-c3cccc(-c4cc5c6ccccc6oc5c5c4oc4ccccc45)c3)n2)nc1. The van der Waals surface area contributed by atoms with E-state index in [1.54, 1.807) is 6.20 Å². The van der Waals surface area contributed by atoms with Crippen LogP contribution in [0.2, 0.25) is 0 Å². The van der Waals surface area contributed by atoms with E-state index < -0.39 is 0 Å². The van der Waals surface area contributed by atoms with Crippen LogP contribution in [0.1, 0.15) is 0 Å². The van der Waals surface area contributed by atoms with E-state index >= 15 is 0 Å². The number of furan rings is 2. The molecule has 0 N–H and O–H groups in total. The second kappa shape index (κ2) is 8.15. The molecule has 0 aliphatic carbocycles. The molecule has 38 heavy (non-hydrogen) atoms. The number of rotatable bonds is 3. The van der Waals surface area contributed by atoms with Crippen LogP contribution < -0.4 is 0 Å². The van der Waals surface area contributed by atoms with Crippen molar-refractivity contribution in [3.05, 3.63) is 121 Å². The van der Waals surface area contributed by atoms with Gasteiger partial charge in [0.2, 0.25) is 0 Å². The Kier molecular flexibility index (Phi) is 4.49. The van der Waals surface area contributed by atoms with E-state index in [2.05, 4.69) is 53.5 Å². The largest absolute Gasteiger partial charge is 0.455 e. The van der Waals surface area contributed by atoms with Gasteiger partial charge in [0.25, 0.3) is 0 Å². The fraction of sp³-hybridized carbons (Fsp3) is 0. The molecule has 4 heterocycles. The van der Waals surface area contributed by atoms with E-state index in [1.165, 1.54) is 0 Å². The van der Waals surface area contributed by atoms with Crippen molar-refractivity contribution < 1.29 is 8.83 Å². The number of benzene rings is 4. The van der Waals surface area contributed by atoms with Gasteiger partial charge in [-0.1, -0.05) is 66.7 Å². The highest BCUT2D eigenvalue weighted by molar-refractivity contribution is 6.25. The summed E-state index contributed by atoms with van der Waals surface area (Å²) in [5.74, 6) is 0. The lowest BCUT2D eigenvalue weighted by Crippen LogP contribution is -1.90. The van der Waals surface area contributed by atoms with Gasteiger partial charge in [-0.2, -0.15) is 0 Å². The van der Waals surface area contributed by atoms with Crippen molar-refractivity contribution in [1.82, 2.24) is 9.97 Å². The molecule has 0 saturated heterocycles. The van der Waals surface area contributed by atoms with Gasteiger partial charge in [0.15, 0.2) is 0 Å². The van der Waals surface area contributed by atoms with E-state index in [0.717, 1.165) is 77.6 Å². The topological polar surface area (TPSA) is 52.1 Å². The third kappa shape index (κ3) is 3.17. The molecule has 0 atom stereocenters. The Balaban J connectivity index is 1.38. The predicted octanol–water partition coefficient (Wildman–Crippen LogP) is 9.28. The van der Waals surface area contributed by atoms with Crippen molar-refractivity contribution in [1.29, 1.82) is 0 Å². The summed E-state index contributed by atoms with van der Waals surface area (Å²) in [5, 5.41) is 4.23. The van der Waals surface area contributed by atoms with Gasteiger partial charge < -0.3 is 8.83 Å². The van der Waals surface area contributed by atoms with Crippen LogP contribution in [-0.4, -0.2) is 9.97 Å². The zero-order chi connectivity index (χ0) is 25.1. The number of aromatic nitrogens is 2. The molecule has 0 aliphatic heterocycles. The van der Waals surface area contributed by atoms with Gasteiger partial charge >= 0.3 is 0 Å². The number of nitrogens with zero attached hydrogens (tertiary/aromatic N) is 2. The molecular formula is C34H20N2O2. The van der Waals surface area contributed by atoms with E-state index in [-0.39, 0.29) is 0 Å². The summed E-state index contributed by atoms with van der Waals surface area (Å²) in [7, 11) is 0. The van der Waals surface area contributed by atoms with Gasteiger partial charge in [0, 0.05) is 33.5 Å². The van der Waals surface area contributed by atoms with Crippen LogP contribution in [-0.2, 0) is 0 Å². The van der Waals surface area contributed by atoms with Gasteiger partial charge in [0.05, 0.1) is 22.5 Å². The third-order valence-corrected chi connectivity index (χ3v) is 7.14. The van der Waals surface area contributed by atoms with Crippen LogP contribution >= 0.6 is 0 Å². The minimum Gasteiger partial charge on any atom is -0.455 e. The molecule has 8 aromatic rings. The summed E-state index contributed by atoms with van der Waals surface area (Å²) in [6, 6.07) is 38.9. The Morgan fingerprint density at radius 1 is 0.474 bits per heavy atom. The van der Waals surface area contributed by atoms with E-state index in [4.69, 9.17) is 13.8 Å². The van der Waals surface area contributed by atoms with Crippen LogP contribution in [0, 0.1) is 0 Å². The van der Waals surface area contributed by atoms with Gasteiger partial charge in [-0.3, -0.25) is 4.98 Å². The van der Waals surface area contributed by atoms with Crippen LogP contribution in [0.4, 0.5) is 0 Å². The van der Waals surface area contributed by atoms with E-state index in [9.17, 15) is 0 Å². The van der Waals surface area contributed by atoms with Crippen molar-refractivity contribution in [2.24, 2.45) is 0 Å². The normalized spacial score (nSPS) is 11.7. The quantitative estimate of drug-likeness (QED) is 0.249. The summed E-state index contributed by atoms with van der Waals surface area (Å²) in [6.07, 6.45) is 1.79. The monoisotopic (exact) mass is 488 g/mol. The molecular weight excluding hydrogens is 468 g/mol. The fourth-order valence-electron chi connectivity index (χ4n) is 5.38. The minimum absolute atomic E-state index is 0.824. The van der Waals surface area contributed by atoms with Gasteiger partial charge in [-0.05, 0) is 54.1 Å². The summed E-state index contributed by atoms with van der Waals surface area (Å²) >= 11 is 0. The molecule has 0 spiro atoms. The van der Waals surface area contributed by atoms with Crippen LogP contribution in [0.25, 0.3) is 77.6 Å². The first kappa shape index (κ1) is 20.9. The predicted molar refractivity (Wildman–Crippen MR) is 153 cm³/mol. The summed E-state index contributed by atoms with van der Waals surface area (Å²) in [4.78, 5) is 9.40. The smallest absolute Gasteiger partial charge is 0.147 e. The molecule has 0 saturated carbocycles. The Labute approximate surface area is 217 Å². The molecule has 8 rings (SSSR count). The molecule has 0 fully saturated rings. The first-order valence-corrected chi connectivity index (χ1v) is 12.6. The number of para-hydroxylation sites is 2. The third-order valence-electron chi connectivity index (χ3n) is 7.14. The second-order valence-electron chi connectivity index (χ2n) is 9.41. The number of hydrogen-bond donors (Lipinski definition) is 0. The lowest BCUT2D eigenvalue weighted by Gasteiger charge is -2.08. The highest BCUT2D eigenvalue weighted by Crippen LogP contribution is 2.44. The zero-order valence-electron chi connectivity index (χ0n) is 20.3. The van der Waals surface area contributed by atoms with E-state index in [1.807, 2.05) is 66.7 Å². The highest BCUT2D eigenvalue weighted by Gasteiger charge is 2.20. The molecule has 178 valence electrons. The maximum absolute atomic E-state index is 6.48. The van der Waals surface area contributed by atoms with Crippen LogP contribution in [0.3, 0.4) is 0 Å². The van der Waals surface area contributed by atoms with E-state index in [0.29, 0.717) is 0 Å². The first-order valence-electron chi connectivity index (χ1n) is 12.6. The Bertz CT molecular complexity index is 2140. The van der Waals surface area contributed by atoms with Crippen molar-refractivity contribution >= 4 is 43.9 Å². The van der Waals surface area contributed by atoms with Crippen LogP contribution in [0.5, 0.6) is 0 Å². The van der Waals surface area contributed by atoms with Crippen molar-refractivity contribution in [2.75, 3.05) is 0 Å². The summed E-state index contributed by atoms with van der Waals surface area (Å²) in [6.45, 7) is 0. The second-order valence-corrected chi connectivity index (χ2v) is 9.41. The standard InChI is InChI=1S/C34H20N2O2/c1-3-16-30-23(11-1)26-20-25(33-32(34(26)37-30)24-12-2-4-17-31(24)38-33)21-9-7-10-22(19-21)27-14-8-15-29(36-27)28-13-5-6-18-35-28/h1-20H. The van der Waals surface area contributed by atoms with Gasteiger partial charge in [-0.15, -0.1) is 0 Å². The molecule has 4 aromatic carbocycles. The average Bonchev–Trinajstić information content (AvgIpc) is 3.56. The average molecular weight is 489 g/mol. The van der Waals surface area contributed by atoms with Crippen molar-refractivity contribution in [3.8, 4) is 33.8 Å². The van der Waals surface area contributed by atoms with Gasteiger partial charge in [-0.25, -0.2) is 4.98 Å². The molecule has 4 heteroatoms. The lowest BCUT2D eigenvalue weighted by molar-refractivity contribution is 0.663. The fourth-order valence-corrected chi connectivity index (χ4v) is 5.38. The maximum atomic E-state index is 6.48. The first-order chi connectivity index (χ1) is 18.8. The van der Waals surface area contributed by atoms with Crippen molar-refractivity contribution in [2.45, 2.75) is 0 Å². The number of fused-ring (bicyclic) bond motifs is 7. The minimum atomic E-state index is 0.824. The summed E-state index contributed by atoms with van der Waals surface area (Å²) < 4.78 is 12.9. The molecule has 0 radical (unpaired) electrons. The van der Waals surface area contributed by atoms with Gasteiger partial charge in [0.1, 0.15) is 22.3 Å². The number of hydrogen-bond acceptors (Lipinski definition) is 4. The number of pyridine rings is 2. The molecule has 0 unspecified atom stereocenters. The lowest BCUT2D eigenvalue weighted by atomic mass is 9.97. The van der Waals surface area contributed by atoms with Crippen LogP contribution in [0.15, 0.2) is 130 Å². The molecule has 0 bridgehead atoms. The molecule has 0 amide bonds. The molecule has 4 aromatic heterocycles. The van der Waals surface area contributed by atoms with Crippen molar-refractivity contribution in [3.63, 3.8) is 0 Å².